The maximum atomic E-state index is 6.13. The number of rotatable bonds is 5. The van der Waals surface area contributed by atoms with Crippen molar-refractivity contribution in [1.29, 1.82) is 0 Å². The molecule has 0 spiro atoms. The van der Waals surface area contributed by atoms with Gasteiger partial charge in [0.05, 0.1) is 12.3 Å². The number of benzene rings is 1. The van der Waals surface area contributed by atoms with Crippen LogP contribution in [0.5, 0.6) is 0 Å². The predicted octanol–water partition coefficient (Wildman–Crippen LogP) is 2.46. The van der Waals surface area contributed by atoms with Crippen molar-refractivity contribution in [2.75, 3.05) is 33.7 Å². The lowest BCUT2D eigenvalue weighted by atomic mass is 10.0. The van der Waals surface area contributed by atoms with E-state index in [4.69, 9.17) is 10.2 Å². The van der Waals surface area contributed by atoms with Crippen LogP contribution in [0, 0.1) is 0 Å². The Morgan fingerprint density at radius 2 is 2.19 bits per heavy atom. The first-order valence-corrected chi connectivity index (χ1v) is 7.77. The minimum Gasteiger partial charge on any atom is -0.464 e. The summed E-state index contributed by atoms with van der Waals surface area (Å²) in [5.74, 6) is 0. The number of nitrogens with zero attached hydrogens (tertiary/aromatic N) is 2. The predicted molar refractivity (Wildman–Crippen MR) is 86.3 cm³/mol. The van der Waals surface area contributed by atoms with Crippen molar-refractivity contribution in [3.63, 3.8) is 0 Å². The van der Waals surface area contributed by atoms with Crippen LogP contribution >= 0.6 is 0 Å². The Morgan fingerprint density at radius 3 is 2.95 bits per heavy atom. The molecule has 0 aliphatic carbocycles. The molecule has 2 aromatic rings. The van der Waals surface area contributed by atoms with Gasteiger partial charge in [-0.15, -0.1) is 0 Å². The highest BCUT2D eigenvalue weighted by atomic mass is 16.3. The van der Waals surface area contributed by atoms with Crippen LogP contribution in [0.1, 0.15) is 24.4 Å². The van der Waals surface area contributed by atoms with Crippen LogP contribution in [0.25, 0.3) is 11.0 Å². The smallest absolute Gasteiger partial charge is 0.134 e. The van der Waals surface area contributed by atoms with Crippen LogP contribution in [-0.4, -0.2) is 49.6 Å². The molecule has 0 amide bonds. The summed E-state index contributed by atoms with van der Waals surface area (Å²) in [5.41, 5.74) is 8.32. The fraction of sp³-hybridized carbons (Fsp3) is 0.529. The fourth-order valence-electron chi connectivity index (χ4n) is 3.58. The highest BCUT2D eigenvalue weighted by molar-refractivity contribution is 5.81. The van der Waals surface area contributed by atoms with Crippen LogP contribution in [0.15, 0.2) is 34.9 Å². The molecule has 4 nitrogen and oxygen atoms in total. The second kappa shape index (κ2) is 6.18. The topological polar surface area (TPSA) is 45.6 Å². The third kappa shape index (κ3) is 2.84. The molecule has 2 atom stereocenters. The lowest BCUT2D eigenvalue weighted by Crippen LogP contribution is -2.42. The van der Waals surface area contributed by atoms with Crippen molar-refractivity contribution < 1.29 is 4.42 Å². The van der Waals surface area contributed by atoms with E-state index in [0.29, 0.717) is 12.6 Å². The van der Waals surface area contributed by atoms with Gasteiger partial charge in [-0.05, 0) is 39.5 Å². The van der Waals surface area contributed by atoms with Crippen LogP contribution < -0.4 is 5.73 Å². The molecule has 2 N–H and O–H groups in total. The zero-order valence-corrected chi connectivity index (χ0v) is 13.0. The summed E-state index contributed by atoms with van der Waals surface area (Å²) in [4.78, 5) is 4.83. The first-order chi connectivity index (χ1) is 10.2. The second-order valence-corrected chi connectivity index (χ2v) is 6.23. The quantitative estimate of drug-likeness (QED) is 0.917. The monoisotopic (exact) mass is 287 g/mol. The van der Waals surface area contributed by atoms with E-state index in [2.05, 4.69) is 36.0 Å². The molecule has 0 saturated carbocycles. The van der Waals surface area contributed by atoms with Gasteiger partial charge in [-0.25, -0.2) is 0 Å². The van der Waals surface area contributed by atoms with Gasteiger partial charge in [0.25, 0.3) is 0 Å². The summed E-state index contributed by atoms with van der Waals surface area (Å²) < 4.78 is 5.72. The molecule has 1 aromatic heterocycles. The number of fused-ring (bicyclic) bond motifs is 1. The number of hydrogen-bond acceptors (Lipinski definition) is 4. The SMILES string of the molecule is CN(C)CC1CCCN1C(CN)c1coc2ccccc12. The molecule has 1 aliphatic heterocycles. The van der Waals surface area contributed by atoms with Gasteiger partial charge >= 0.3 is 0 Å². The average molecular weight is 287 g/mol. The van der Waals surface area contributed by atoms with Gasteiger partial charge in [-0.1, -0.05) is 18.2 Å². The number of hydrogen-bond donors (Lipinski definition) is 1. The van der Waals surface area contributed by atoms with E-state index in [9.17, 15) is 0 Å². The molecular formula is C17H25N3O. The van der Waals surface area contributed by atoms with Crippen molar-refractivity contribution in [3.8, 4) is 0 Å². The molecule has 1 aromatic carbocycles. The number of likely N-dealkylation sites (N-methyl/N-ethyl adjacent to an activating group) is 1. The van der Waals surface area contributed by atoms with E-state index in [-0.39, 0.29) is 6.04 Å². The van der Waals surface area contributed by atoms with Crippen molar-refractivity contribution >= 4 is 11.0 Å². The zero-order chi connectivity index (χ0) is 14.8. The summed E-state index contributed by atoms with van der Waals surface area (Å²) in [6.07, 6.45) is 4.41. The fourth-order valence-corrected chi connectivity index (χ4v) is 3.58. The second-order valence-electron chi connectivity index (χ2n) is 6.23. The normalized spacial score (nSPS) is 21.4. The Hall–Kier alpha value is -1.36. The number of likely N-dealkylation sites (tertiary alicyclic amines) is 1. The molecule has 0 radical (unpaired) electrons. The maximum absolute atomic E-state index is 6.13. The van der Waals surface area contributed by atoms with Gasteiger partial charge in [-0.2, -0.15) is 0 Å². The maximum Gasteiger partial charge on any atom is 0.134 e. The molecule has 3 rings (SSSR count). The van der Waals surface area contributed by atoms with Crippen LogP contribution in [-0.2, 0) is 0 Å². The Morgan fingerprint density at radius 1 is 1.38 bits per heavy atom. The molecule has 1 saturated heterocycles. The molecule has 1 fully saturated rings. The van der Waals surface area contributed by atoms with Crippen molar-refractivity contribution in [2.24, 2.45) is 5.73 Å². The summed E-state index contributed by atoms with van der Waals surface area (Å²) in [6, 6.07) is 9.07. The number of para-hydroxylation sites is 1. The zero-order valence-electron chi connectivity index (χ0n) is 13.0. The highest BCUT2D eigenvalue weighted by Crippen LogP contribution is 2.34. The molecule has 2 heterocycles. The lowest BCUT2D eigenvalue weighted by molar-refractivity contribution is 0.156. The summed E-state index contributed by atoms with van der Waals surface area (Å²) >= 11 is 0. The van der Waals surface area contributed by atoms with Crippen molar-refractivity contribution in [2.45, 2.75) is 24.9 Å². The first kappa shape index (κ1) is 14.6. The summed E-state index contributed by atoms with van der Waals surface area (Å²) in [6.45, 7) is 2.85. The van der Waals surface area contributed by atoms with E-state index in [1.54, 1.807) is 0 Å². The molecule has 114 valence electrons. The van der Waals surface area contributed by atoms with Gasteiger partial charge in [0, 0.05) is 30.1 Å². The third-order valence-electron chi connectivity index (χ3n) is 4.49. The van der Waals surface area contributed by atoms with E-state index in [1.807, 2.05) is 18.4 Å². The van der Waals surface area contributed by atoms with Gasteiger partial charge in [0.15, 0.2) is 0 Å². The Bertz CT molecular complexity index is 592. The van der Waals surface area contributed by atoms with Crippen LogP contribution in [0.3, 0.4) is 0 Å². The van der Waals surface area contributed by atoms with Crippen molar-refractivity contribution in [1.82, 2.24) is 9.80 Å². The van der Waals surface area contributed by atoms with E-state index >= 15 is 0 Å². The minimum atomic E-state index is 0.251. The Labute approximate surface area is 126 Å². The van der Waals surface area contributed by atoms with Gasteiger partial charge < -0.3 is 15.1 Å². The Kier molecular flexibility index (Phi) is 4.29. The molecule has 21 heavy (non-hydrogen) atoms. The van der Waals surface area contributed by atoms with Crippen LogP contribution in [0.4, 0.5) is 0 Å². The van der Waals surface area contributed by atoms with E-state index in [1.165, 1.54) is 23.8 Å². The summed E-state index contributed by atoms with van der Waals surface area (Å²) in [5, 5.41) is 1.20. The average Bonchev–Trinajstić information content (AvgIpc) is 3.08. The van der Waals surface area contributed by atoms with Crippen molar-refractivity contribution in [3.05, 3.63) is 36.1 Å². The standard InChI is InChI=1S/C17H25N3O/c1-19(2)11-13-6-5-9-20(13)16(10-18)15-12-21-17-8-4-3-7-14(15)17/h3-4,7-8,12-13,16H,5-6,9-11,18H2,1-2H3. The molecule has 2 unspecified atom stereocenters. The molecular weight excluding hydrogens is 262 g/mol. The minimum absolute atomic E-state index is 0.251. The molecule has 0 bridgehead atoms. The Balaban J connectivity index is 1.90. The van der Waals surface area contributed by atoms with Gasteiger partial charge in [0.1, 0.15) is 5.58 Å². The van der Waals surface area contributed by atoms with E-state index in [0.717, 1.165) is 18.7 Å². The van der Waals surface area contributed by atoms with E-state index < -0.39 is 0 Å². The van der Waals surface area contributed by atoms with Gasteiger partial charge in [0.2, 0.25) is 0 Å². The lowest BCUT2D eigenvalue weighted by Gasteiger charge is -2.33. The highest BCUT2D eigenvalue weighted by Gasteiger charge is 2.32. The first-order valence-electron chi connectivity index (χ1n) is 7.77. The third-order valence-corrected chi connectivity index (χ3v) is 4.49. The number of furan rings is 1. The number of nitrogens with two attached hydrogens (primary N) is 1. The molecule has 1 aliphatic rings. The van der Waals surface area contributed by atoms with Gasteiger partial charge in [-0.3, -0.25) is 4.90 Å². The summed E-state index contributed by atoms with van der Waals surface area (Å²) in [7, 11) is 4.28. The van der Waals surface area contributed by atoms with Crippen LogP contribution in [0.2, 0.25) is 0 Å². The molecule has 4 heteroatoms. The largest absolute Gasteiger partial charge is 0.464 e.